The highest BCUT2D eigenvalue weighted by Crippen LogP contribution is 2.23. The summed E-state index contributed by atoms with van der Waals surface area (Å²) in [5, 5.41) is 5.64. The molecule has 2 amide bonds. The lowest BCUT2D eigenvalue weighted by atomic mass is 10.1. The van der Waals surface area contributed by atoms with E-state index in [2.05, 4.69) is 15.4 Å². The maximum Gasteiger partial charge on any atom is 0.262 e. The lowest BCUT2D eigenvalue weighted by molar-refractivity contribution is 0.0955. The maximum atomic E-state index is 13.1. The summed E-state index contributed by atoms with van der Waals surface area (Å²) in [6.45, 7) is 3.98. The van der Waals surface area contributed by atoms with E-state index in [4.69, 9.17) is 0 Å². The summed E-state index contributed by atoms with van der Waals surface area (Å²) in [6, 6.07) is 28.0. The summed E-state index contributed by atoms with van der Waals surface area (Å²) in [5.41, 5.74) is 3.76. The number of hydrogen-bond acceptors (Lipinski definition) is 4. The highest BCUT2D eigenvalue weighted by molar-refractivity contribution is 7.92. The van der Waals surface area contributed by atoms with Gasteiger partial charge in [0.25, 0.3) is 21.8 Å². The van der Waals surface area contributed by atoms with E-state index in [1.807, 2.05) is 43.3 Å². The average Bonchev–Trinajstić information content (AvgIpc) is 2.89. The summed E-state index contributed by atoms with van der Waals surface area (Å²) >= 11 is 0. The van der Waals surface area contributed by atoms with Gasteiger partial charge in [0, 0.05) is 17.8 Å². The van der Waals surface area contributed by atoms with Crippen molar-refractivity contribution in [2.45, 2.75) is 25.2 Å². The number of rotatable bonds is 9. The van der Waals surface area contributed by atoms with E-state index >= 15 is 0 Å². The first-order valence-electron chi connectivity index (χ1n) is 12.2. The molecule has 0 atom stereocenters. The number of carbonyl (C=O) groups excluding carboxylic acids is 2. The number of para-hydroxylation sites is 1. The number of carbonyl (C=O) groups is 2. The molecule has 0 unspecified atom stereocenters. The molecule has 0 heterocycles. The van der Waals surface area contributed by atoms with Gasteiger partial charge >= 0.3 is 0 Å². The monoisotopic (exact) mass is 527 g/mol. The van der Waals surface area contributed by atoms with Gasteiger partial charge in [-0.25, -0.2) is 8.42 Å². The van der Waals surface area contributed by atoms with Gasteiger partial charge in [-0.15, -0.1) is 0 Å². The van der Waals surface area contributed by atoms with Crippen LogP contribution < -0.4 is 15.4 Å². The quantitative estimate of drug-likeness (QED) is 0.274. The molecular formula is C30H29N3O4S. The Bertz CT molecular complexity index is 1570. The highest BCUT2D eigenvalue weighted by Gasteiger charge is 2.20. The van der Waals surface area contributed by atoms with Gasteiger partial charge in [-0.2, -0.15) is 0 Å². The Labute approximate surface area is 223 Å². The number of benzene rings is 4. The van der Waals surface area contributed by atoms with Crippen molar-refractivity contribution in [3.8, 4) is 0 Å². The van der Waals surface area contributed by atoms with E-state index in [1.54, 1.807) is 61.5 Å². The minimum absolute atomic E-state index is 0.00130. The summed E-state index contributed by atoms with van der Waals surface area (Å²) < 4.78 is 28.8. The maximum absolute atomic E-state index is 13.1. The molecule has 8 heteroatoms. The Morgan fingerprint density at radius 1 is 0.763 bits per heavy atom. The van der Waals surface area contributed by atoms with Crippen LogP contribution in [0.15, 0.2) is 102 Å². The van der Waals surface area contributed by atoms with Gasteiger partial charge in [0.1, 0.15) is 0 Å². The zero-order valence-electron chi connectivity index (χ0n) is 21.2. The number of amides is 2. The molecule has 0 saturated carbocycles. The molecule has 0 aliphatic carbocycles. The molecule has 0 bridgehead atoms. The third-order valence-electron chi connectivity index (χ3n) is 5.97. The average molecular weight is 528 g/mol. The summed E-state index contributed by atoms with van der Waals surface area (Å²) in [7, 11) is -3.94. The number of sulfonamides is 1. The van der Waals surface area contributed by atoms with Crippen LogP contribution in [0.2, 0.25) is 0 Å². The van der Waals surface area contributed by atoms with Gasteiger partial charge in [-0.1, -0.05) is 60.7 Å². The van der Waals surface area contributed by atoms with Gasteiger partial charge in [-0.05, 0) is 73.4 Å². The predicted molar refractivity (Wildman–Crippen MR) is 150 cm³/mol. The van der Waals surface area contributed by atoms with Crippen molar-refractivity contribution in [1.29, 1.82) is 0 Å². The molecule has 0 aliphatic rings. The molecule has 0 spiro atoms. The predicted octanol–water partition coefficient (Wildman–Crippen LogP) is 5.33. The molecule has 38 heavy (non-hydrogen) atoms. The van der Waals surface area contributed by atoms with Crippen LogP contribution in [-0.2, 0) is 16.4 Å². The molecule has 0 aliphatic heterocycles. The Morgan fingerprint density at radius 2 is 1.50 bits per heavy atom. The SMILES string of the molecule is Cc1cccc(NS(=O)(=O)c2cc(C(=O)Nc3ccccc3C(=O)NCCc3ccccc3)ccc2C)c1. The normalized spacial score (nSPS) is 11.0. The molecule has 7 nitrogen and oxygen atoms in total. The molecule has 4 aromatic carbocycles. The van der Waals surface area contributed by atoms with E-state index in [1.165, 1.54) is 6.07 Å². The number of aryl methyl sites for hydroxylation is 2. The number of hydrogen-bond donors (Lipinski definition) is 3. The van der Waals surface area contributed by atoms with Gasteiger partial charge in [0.05, 0.1) is 16.1 Å². The van der Waals surface area contributed by atoms with Crippen molar-refractivity contribution in [3.63, 3.8) is 0 Å². The van der Waals surface area contributed by atoms with Crippen molar-refractivity contribution in [1.82, 2.24) is 5.32 Å². The Hall–Kier alpha value is -4.43. The fourth-order valence-corrected chi connectivity index (χ4v) is 5.32. The van der Waals surface area contributed by atoms with Crippen LogP contribution in [0.5, 0.6) is 0 Å². The largest absolute Gasteiger partial charge is 0.352 e. The zero-order chi connectivity index (χ0) is 27.1. The highest BCUT2D eigenvalue weighted by atomic mass is 32.2. The van der Waals surface area contributed by atoms with Crippen molar-refractivity contribution in [2.24, 2.45) is 0 Å². The molecule has 0 aromatic heterocycles. The molecule has 4 rings (SSSR count). The second-order valence-corrected chi connectivity index (χ2v) is 10.6. The molecular weight excluding hydrogens is 498 g/mol. The van der Waals surface area contributed by atoms with Crippen molar-refractivity contribution in [2.75, 3.05) is 16.6 Å². The van der Waals surface area contributed by atoms with Crippen LogP contribution in [0.3, 0.4) is 0 Å². The molecule has 0 fully saturated rings. The topological polar surface area (TPSA) is 104 Å². The Kier molecular flexibility index (Phi) is 8.23. The third kappa shape index (κ3) is 6.66. The van der Waals surface area contributed by atoms with Crippen LogP contribution in [0.4, 0.5) is 11.4 Å². The number of nitrogens with one attached hydrogen (secondary N) is 3. The fourth-order valence-electron chi connectivity index (χ4n) is 3.99. The standard InChI is InChI=1S/C30H29N3O4S/c1-21-9-8-12-25(19-21)33-38(36,37)28-20-24(16-15-22(28)2)29(34)32-27-14-7-6-13-26(27)30(35)31-18-17-23-10-4-3-5-11-23/h3-16,19-20,33H,17-18H2,1-2H3,(H,31,35)(H,32,34). The van der Waals surface area contributed by atoms with E-state index in [-0.39, 0.29) is 16.4 Å². The first kappa shape index (κ1) is 26.6. The summed E-state index contributed by atoms with van der Waals surface area (Å²) in [4.78, 5) is 26.0. The first-order valence-corrected chi connectivity index (χ1v) is 13.6. The molecule has 0 saturated heterocycles. The van der Waals surface area contributed by atoms with Crippen molar-refractivity contribution < 1.29 is 18.0 Å². The summed E-state index contributed by atoms with van der Waals surface area (Å²) in [5.74, 6) is -0.840. The van der Waals surface area contributed by atoms with Crippen LogP contribution in [-0.4, -0.2) is 26.8 Å². The van der Waals surface area contributed by atoms with Gasteiger partial charge in [0.2, 0.25) is 0 Å². The fraction of sp³-hybridized carbons (Fsp3) is 0.133. The molecule has 194 valence electrons. The van der Waals surface area contributed by atoms with E-state index in [0.29, 0.717) is 35.5 Å². The molecule has 3 N–H and O–H groups in total. The lowest BCUT2D eigenvalue weighted by Gasteiger charge is -2.14. The number of anilines is 2. The van der Waals surface area contributed by atoms with Crippen LogP contribution in [0.25, 0.3) is 0 Å². The van der Waals surface area contributed by atoms with E-state index in [9.17, 15) is 18.0 Å². The van der Waals surface area contributed by atoms with Gasteiger partial charge in [-0.3, -0.25) is 14.3 Å². The smallest absolute Gasteiger partial charge is 0.262 e. The van der Waals surface area contributed by atoms with Gasteiger partial charge < -0.3 is 10.6 Å². The second kappa shape index (κ2) is 11.7. The second-order valence-electron chi connectivity index (χ2n) is 8.95. The summed E-state index contributed by atoms with van der Waals surface area (Å²) in [6.07, 6.45) is 0.679. The molecule has 4 aromatic rings. The van der Waals surface area contributed by atoms with Crippen molar-refractivity contribution in [3.05, 3.63) is 125 Å². The third-order valence-corrected chi connectivity index (χ3v) is 7.50. The molecule has 0 radical (unpaired) electrons. The van der Waals surface area contributed by atoms with Crippen molar-refractivity contribution >= 4 is 33.2 Å². The van der Waals surface area contributed by atoms with Gasteiger partial charge in [0.15, 0.2) is 0 Å². The first-order chi connectivity index (χ1) is 18.2. The zero-order valence-corrected chi connectivity index (χ0v) is 22.0. The minimum Gasteiger partial charge on any atom is -0.352 e. The Morgan fingerprint density at radius 3 is 2.26 bits per heavy atom. The Balaban J connectivity index is 1.49. The van der Waals surface area contributed by atoms with Crippen LogP contribution >= 0.6 is 0 Å². The van der Waals surface area contributed by atoms with Crippen LogP contribution in [0, 0.1) is 13.8 Å². The van der Waals surface area contributed by atoms with Crippen LogP contribution in [0.1, 0.15) is 37.4 Å². The van der Waals surface area contributed by atoms with E-state index < -0.39 is 15.9 Å². The lowest BCUT2D eigenvalue weighted by Crippen LogP contribution is -2.27. The van der Waals surface area contributed by atoms with E-state index in [0.717, 1.165) is 11.1 Å². The minimum atomic E-state index is -3.94.